The molecule has 9 nitrogen and oxygen atoms in total. The molecule has 1 heterocycles. The van der Waals surface area contributed by atoms with E-state index in [-0.39, 0.29) is 10.8 Å². The number of anilines is 1. The van der Waals surface area contributed by atoms with E-state index < -0.39 is 22.5 Å². The quantitative estimate of drug-likeness (QED) is 0.367. The summed E-state index contributed by atoms with van der Waals surface area (Å²) in [5.41, 5.74) is 4.70. The molecule has 0 atom stereocenters. The van der Waals surface area contributed by atoms with Crippen molar-refractivity contribution in [1.29, 1.82) is 0 Å². The van der Waals surface area contributed by atoms with Crippen LogP contribution in [0, 0.1) is 6.92 Å². The second-order valence-corrected chi connectivity index (χ2v) is 9.27. The molecule has 0 saturated heterocycles. The van der Waals surface area contributed by atoms with Gasteiger partial charge in [0.15, 0.2) is 5.15 Å². The number of para-hydroxylation sites is 3. The van der Waals surface area contributed by atoms with E-state index in [9.17, 15) is 13.2 Å². The summed E-state index contributed by atoms with van der Waals surface area (Å²) in [6.45, 7) is 3.49. The largest absolute Gasteiger partial charge is 0.492 e. The number of sulfonamides is 1. The first kappa shape index (κ1) is 24.3. The van der Waals surface area contributed by atoms with Gasteiger partial charge in [-0.1, -0.05) is 41.9 Å². The van der Waals surface area contributed by atoms with Gasteiger partial charge < -0.3 is 4.74 Å². The van der Waals surface area contributed by atoms with Gasteiger partial charge in [0, 0.05) is 0 Å². The van der Waals surface area contributed by atoms with E-state index in [1.54, 1.807) is 35.9 Å². The predicted octanol–water partition coefficient (Wildman–Crippen LogP) is 3.15. The van der Waals surface area contributed by atoms with Gasteiger partial charge in [0.2, 0.25) is 10.0 Å². The van der Waals surface area contributed by atoms with Crippen LogP contribution < -0.4 is 14.5 Å². The zero-order valence-electron chi connectivity index (χ0n) is 18.4. The number of amides is 1. The molecule has 0 spiro atoms. The van der Waals surface area contributed by atoms with Crippen molar-refractivity contribution in [2.45, 2.75) is 13.8 Å². The summed E-state index contributed by atoms with van der Waals surface area (Å²) in [7, 11) is -3.77. The molecule has 1 N–H and O–H groups in total. The molecule has 0 bridgehead atoms. The van der Waals surface area contributed by atoms with Crippen molar-refractivity contribution in [2.24, 2.45) is 5.10 Å². The highest BCUT2D eigenvalue weighted by atomic mass is 35.5. The van der Waals surface area contributed by atoms with E-state index in [4.69, 9.17) is 16.3 Å². The second kappa shape index (κ2) is 10.5. The number of rotatable bonds is 9. The van der Waals surface area contributed by atoms with Gasteiger partial charge >= 0.3 is 0 Å². The Morgan fingerprint density at radius 2 is 1.88 bits per heavy atom. The van der Waals surface area contributed by atoms with Crippen LogP contribution in [-0.4, -0.2) is 49.7 Å². The van der Waals surface area contributed by atoms with E-state index in [0.717, 1.165) is 21.9 Å². The van der Waals surface area contributed by atoms with Crippen molar-refractivity contribution in [3.63, 3.8) is 0 Å². The Kier molecular flexibility index (Phi) is 7.72. The molecular formula is C22H24ClN5O4S. The number of hydrogen-bond acceptors (Lipinski definition) is 6. The SMILES string of the molecule is CCOc1ccccc1N(CC(=O)N/N=C\c1c(Cl)nn(-c2ccccc2)c1C)S(C)(=O)=O. The Morgan fingerprint density at radius 3 is 2.55 bits per heavy atom. The van der Waals surface area contributed by atoms with Gasteiger partial charge in [-0.3, -0.25) is 9.10 Å². The lowest BCUT2D eigenvalue weighted by Gasteiger charge is -2.23. The normalized spacial score (nSPS) is 11.5. The lowest BCUT2D eigenvalue weighted by Crippen LogP contribution is -2.39. The average molecular weight is 490 g/mol. The van der Waals surface area contributed by atoms with Crippen molar-refractivity contribution < 1.29 is 17.9 Å². The third-order valence-corrected chi connectivity index (χ3v) is 6.03. The molecule has 1 amide bonds. The molecule has 0 unspecified atom stereocenters. The van der Waals surface area contributed by atoms with Crippen LogP contribution in [-0.2, 0) is 14.8 Å². The number of aromatic nitrogens is 2. The van der Waals surface area contributed by atoms with Crippen molar-refractivity contribution >= 4 is 39.4 Å². The number of nitrogens with one attached hydrogen (secondary N) is 1. The molecule has 1 aromatic heterocycles. The summed E-state index contributed by atoms with van der Waals surface area (Å²) in [4.78, 5) is 12.5. The summed E-state index contributed by atoms with van der Waals surface area (Å²) in [6, 6.07) is 16.0. The topological polar surface area (TPSA) is 106 Å². The Labute approximate surface area is 197 Å². The standard InChI is InChI=1S/C22H24ClN5O4S/c1-4-32-20-13-9-8-12-19(20)27(33(3,30)31)15-21(29)25-24-14-18-16(2)28(26-22(18)23)17-10-6-5-7-11-17/h5-14H,4,15H2,1-3H3,(H,25,29)/b24-14-. The molecule has 3 aromatic rings. The van der Waals surface area contributed by atoms with Crippen LogP contribution in [0.1, 0.15) is 18.2 Å². The average Bonchev–Trinajstić information content (AvgIpc) is 3.06. The minimum Gasteiger partial charge on any atom is -0.492 e. The van der Waals surface area contributed by atoms with Gasteiger partial charge in [-0.2, -0.15) is 10.2 Å². The second-order valence-electron chi connectivity index (χ2n) is 7.00. The molecule has 0 fully saturated rings. The molecule has 3 rings (SSSR count). The van der Waals surface area contributed by atoms with Crippen LogP contribution in [0.5, 0.6) is 5.75 Å². The number of benzene rings is 2. The van der Waals surface area contributed by atoms with Crippen LogP contribution >= 0.6 is 11.6 Å². The van der Waals surface area contributed by atoms with Crippen LogP contribution in [0.3, 0.4) is 0 Å². The first-order chi connectivity index (χ1) is 15.7. The number of nitrogens with zero attached hydrogens (tertiary/aromatic N) is 4. The third kappa shape index (κ3) is 5.91. The highest BCUT2D eigenvalue weighted by Gasteiger charge is 2.24. The maximum Gasteiger partial charge on any atom is 0.260 e. The fourth-order valence-corrected chi connectivity index (χ4v) is 4.22. The summed E-state index contributed by atoms with van der Waals surface area (Å²) in [6.07, 6.45) is 2.40. The van der Waals surface area contributed by atoms with Crippen molar-refractivity contribution in [3.05, 3.63) is 71.0 Å². The minimum atomic E-state index is -3.77. The lowest BCUT2D eigenvalue weighted by molar-refractivity contribution is -0.119. The lowest BCUT2D eigenvalue weighted by atomic mass is 10.2. The molecule has 0 saturated carbocycles. The first-order valence-corrected chi connectivity index (χ1v) is 12.3. The first-order valence-electron chi connectivity index (χ1n) is 10.0. The molecule has 0 aliphatic heterocycles. The molecule has 0 aliphatic rings. The smallest absolute Gasteiger partial charge is 0.260 e. The Hall–Kier alpha value is -3.37. The summed E-state index contributed by atoms with van der Waals surface area (Å²) in [5.74, 6) is -0.273. The highest BCUT2D eigenvalue weighted by molar-refractivity contribution is 7.92. The van der Waals surface area contributed by atoms with E-state index in [1.165, 1.54) is 6.21 Å². The van der Waals surface area contributed by atoms with Crippen LogP contribution in [0.15, 0.2) is 59.7 Å². The zero-order chi connectivity index (χ0) is 24.0. The van der Waals surface area contributed by atoms with Gasteiger partial charge in [-0.05, 0) is 38.1 Å². The number of carbonyl (C=O) groups excluding carboxylic acids is 1. The van der Waals surface area contributed by atoms with Gasteiger partial charge in [-0.15, -0.1) is 0 Å². The molecule has 174 valence electrons. The fourth-order valence-electron chi connectivity index (χ4n) is 3.10. The number of hydrogen-bond donors (Lipinski definition) is 1. The number of carbonyl (C=O) groups is 1. The Morgan fingerprint density at radius 1 is 1.21 bits per heavy atom. The van der Waals surface area contributed by atoms with Gasteiger partial charge in [0.05, 0.1) is 41.7 Å². The van der Waals surface area contributed by atoms with E-state index in [1.807, 2.05) is 37.3 Å². The minimum absolute atomic E-state index is 0.220. The van der Waals surface area contributed by atoms with E-state index in [0.29, 0.717) is 17.9 Å². The predicted molar refractivity (Wildman–Crippen MR) is 129 cm³/mol. The number of ether oxygens (including phenoxy) is 1. The van der Waals surface area contributed by atoms with Crippen molar-refractivity contribution in [1.82, 2.24) is 15.2 Å². The number of halogens is 1. The summed E-state index contributed by atoms with van der Waals surface area (Å²) >= 11 is 6.25. The maximum absolute atomic E-state index is 12.5. The molecular weight excluding hydrogens is 466 g/mol. The molecule has 0 aliphatic carbocycles. The maximum atomic E-state index is 12.5. The Bertz CT molecular complexity index is 1260. The van der Waals surface area contributed by atoms with Crippen molar-refractivity contribution in [3.8, 4) is 11.4 Å². The zero-order valence-corrected chi connectivity index (χ0v) is 20.0. The third-order valence-electron chi connectivity index (χ3n) is 4.62. The molecule has 33 heavy (non-hydrogen) atoms. The highest BCUT2D eigenvalue weighted by Crippen LogP contribution is 2.29. The fraction of sp³-hybridized carbons (Fsp3) is 0.227. The van der Waals surface area contributed by atoms with Gasteiger partial charge in [0.25, 0.3) is 5.91 Å². The van der Waals surface area contributed by atoms with E-state index in [2.05, 4.69) is 15.6 Å². The van der Waals surface area contributed by atoms with E-state index >= 15 is 0 Å². The van der Waals surface area contributed by atoms with Crippen molar-refractivity contribution in [2.75, 3.05) is 23.7 Å². The van der Waals surface area contributed by atoms with Crippen LogP contribution in [0.25, 0.3) is 5.69 Å². The van der Waals surface area contributed by atoms with Gasteiger partial charge in [0.1, 0.15) is 12.3 Å². The molecule has 11 heteroatoms. The Balaban J connectivity index is 1.76. The molecule has 0 radical (unpaired) electrons. The monoisotopic (exact) mass is 489 g/mol. The summed E-state index contributed by atoms with van der Waals surface area (Å²) in [5, 5.41) is 8.47. The molecule has 2 aromatic carbocycles. The van der Waals surface area contributed by atoms with Crippen LogP contribution in [0.4, 0.5) is 5.69 Å². The van der Waals surface area contributed by atoms with Crippen LogP contribution in [0.2, 0.25) is 5.15 Å². The van der Waals surface area contributed by atoms with Gasteiger partial charge in [-0.25, -0.2) is 18.5 Å². The summed E-state index contributed by atoms with van der Waals surface area (Å²) < 4.78 is 32.9. The number of hydrazone groups is 1.